The number of hydrogen-bond acceptors (Lipinski definition) is 3. The largest absolute Gasteiger partial charge is 0.345 e. The normalized spacial score (nSPS) is 11.8. The van der Waals surface area contributed by atoms with Gasteiger partial charge in [0.1, 0.15) is 16.7 Å². The summed E-state index contributed by atoms with van der Waals surface area (Å²) in [6.07, 6.45) is 1.42. The van der Waals surface area contributed by atoms with Crippen molar-refractivity contribution in [2.45, 2.75) is 11.6 Å². The van der Waals surface area contributed by atoms with E-state index in [0.29, 0.717) is 16.8 Å². The van der Waals surface area contributed by atoms with E-state index in [1.165, 1.54) is 18.3 Å². The van der Waals surface area contributed by atoms with Gasteiger partial charge in [-0.1, -0.05) is 22.0 Å². The Kier molecular flexibility index (Phi) is 5.20. The Morgan fingerprint density at radius 1 is 1.03 bits per heavy atom. The van der Waals surface area contributed by atoms with Crippen LogP contribution in [-0.2, 0) is 16.6 Å². The zero-order chi connectivity index (χ0) is 20.6. The molecule has 2 aromatic carbocycles. The molecule has 0 radical (unpaired) electrons. The quantitative estimate of drug-likeness (QED) is 0.435. The average Bonchev–Trinajstić information content (AvgIpc) is 3.11. The van der Waals surface area contributed by atoms with Crippen LogP contribution in [0.5, 0.6) is 0 Å². The Morgan fingerprint density at radius 2 is 1.86 bits per heavy atom. The number of aromatic nitrogens is 2. The van der Waals surface area contributed by atoms with Gasteiger partial charge in [0.05, 0.1) is 12.2 Å². The molecule has 0 aliphatic heterocycles. The SMILES string of the molecule is O=S(=O)(NCc1ccc(-c2ccc(F)cc2F)cn1)c1cc2cc(Br)ccc2[nH]1. The van der Waals surface area contributed by atoms with Gasteiger partial charge in [-0.15, -0.1) is 0 Å². The number of rotatable bonds is 5. The number of sulfonamides is 1. The van der Waals surface area contributed by atoms with E-state index in [2.05, 4.69) is 30.6 Å². The molecule has 29 heavy (non-hydrogen) atoms. The van der Waals surface area contributed by atoms with E-state index in [9.17, 15) is 17.2 Å². The second-order valence-corrected chi connectivity index (χ2v) is 9.00. The second kappa shape index (κ2) is 7.66. The van der Waals surface area contributed by atoms with Crippen LogP contribution in [0.3, 0.4) is 0 Å². The van der Waals surface area contributed by atoms with Crippen LogP contribution in [0, 0.1) is 11.6 Å². The van der Waals surface area contributed by atoms with Crippen LogP contribution in [0.1, 0.15) is 5.69 Å². The van der Waals surface area contributed by atoms with Crippen molar-refractivity contribution in [2.75, 3.05) is 0 Å². The van der Waals surface area contributed by atoms with Crippen molar-refractivity contribution in [3.05, 3.63) is 82.6 Å². The highest BCUT2D eigenvalue weighted by molar-refractivity contribution is 9.10. The van der Waals surface area contributed by atoms with Gasteiger partial charge >= 0.3 is 0 Å². The molecule has 0 atom stereocenters. The predicted molar refractivity (Wildman–Crippen MR) is 110 cm³/mol. The molecular formula is C20H14BrF2N3O2S. The maximum atomic E-state index is 13.9. The van der Waals surface area contributed by atoms with Crippen LogP contribution in [0.25, 0.3) is 22.0 Å². The summed E-state index contributed by atoms with van der Waals surface area (Å²) in [5.74, 6) is -1.35. The Morgan fingerprint density at radius 3 is 2.59 bits per heavy atom. The van der Waals surface area contributed by atoms with Crippen LogP contribution in [0.2, 0.25) is 0 Å². The van der Waals surface area contributed by atoms with Gasteiger partial charge in [-0.3, -0.25) is 4.98 Å². The lowest BCUT2D eigenvalue weighted by Crippen LogP contribution is -2.24. The zero-order valence-corrected chi connectivity index (χ0v) is 17.2. The van der Waals surface area contributed by atoms with Gasteiger partial charge in [-0.25, -0.2) is 21.9 Å². The summed E-state index contributed by atoms with van der Waals surface area (Å²) < 4.78 is 55.4. The van der Waals surface area contributed by atoms with Crippen LogP contribution in [-0.4, -0.2) is 18.4 Å². The van der Waals surface area contributed by atoms with E-state index in [4.69, 9.17) is 0 Å². The number of pyridine rings is 1. The highest BCUT2D eigenvalue weighted by Gasteiger charge is 2.17. The molecule has 0 amide bonds. The van der Waals surface area contributed by atoms with E-state index in [-0.39, 0.29) is 17.1 Å². The minimum Gasteiger partial charge on any atom is -0.345 e. The van der Waals surface area contributed by atoms with Crippen molar-refractivity contribution in [3.63, 3.8) is 0 Å². The van der Waals surface area contributed by atoms with Gasteiger partial charge < -0.3 is 4.98 Å². The third-order valence-electron chi connectivity index (χ3n) is 4.36. The summed E-state index contributed by atoms with van der Waals surface area (Å²) in [4.78, 5) is 7.04. The van der Waals surface area contributed by atoms with Crippen LogP contribution in [0.4, 0.5) is 8.78 Å². The van der Waals surface area contributed by atoms with Crippen molar-refractivity contribution in [3.8, 4) is 11.1 Å². The number of H-pyrrole nitrogens is 1. The summed E-state index contributed by atoms with van der Waals surface area (Å²) in [6, 6.07) is 13.5. The highest BCUT2D eigenvalue weighted by atomic mass is 79.9. The molecule has 4 aromatic rings. The van der Waals surface area contributed by atoms with Gasteiger partial charge in [0.25, 0.3) is 10.0 Å². The van der Waals surface area contributed by atoms with Gasteiger partial charge in [-0.2, -0.15) is 0 Å². The molecule has 9 heteroatoms. The lowest BCUT2D eigenvalue weighted by Gasteiger charge is -2.07. The number of benzene rings is 2. The Bertz CT molecular complexity index is 1310. The Labute approximate surface area is 174 Å². The van der Waals surface area contributed by atoms with E-state index in [1.54, 1.807) is 24.3 Å². The van der Waals surface area contributed by atoms with Crippen molar-refractivity contribution in [1.29, 1.82) is 0 Å². The summed E-state index contributed by atoms with van der Waals surface area (Å²) >= 11 is 3.35. The molecular weight excluding hydrogens is 464 g/mol. The van der Waals surface area contributed by atoms with Crippen molar-refractivity contribution >= 4 is 36.9 Å². The first-order chi connectivity index (χ1) is 13.8. The van der Waals surface area contributed by atoms with Gasteiger partial charge in [0.2, 0.25) is 0 Å². The molecule has 0 spiro atoms. The lowest BCUT2D eigenvalue weighted by atomic mass is 10.1. The van der Waals surface area contributed by atoms with Gasteiger partial charge in [0, 0.05) is 38.8 Å². The third kappa shape index (κ3) is 4.21. The molecule has 0 unspecified atom stereocenters. The van der Waals surface area contributed by atoms with Crippen LogP contribution in [0.15, 0.2) is 70.3 Å². The molecule has 4 rings (SSSR count). The number of hydrogen-bond donors (Lipinski definition) is 2. The topological polar surface area (TPSA) is 74.8 Å². The molecule has 0 aliphatic carbocycles. The summed E-state index contributed by atoms with van der Waals surface area (Å²) in [6.45, 7) is -0.0342. The van der Waals surface area contributed by atoms with Crippen molar-refractivity contribution in [1.82, 2.24) is 14.7 Å². The monoisotopic (exact) mass is 477 g/mol. The number of aromatic amines is 1. The number of halogens is 3. The lowest BCUT2D eigenvalue weighted by molar-refractivity contribution is 0.577. The molecule has 0 saturated carbocycles. The fraction of sp³-hybridized carbons (Fsp3) is 0.0500. The molecule has 0 saturated heterocycles. The maximum Gasteiger partial charge on any atom is 0.256 e. The number of nitrogens with one attached hydrogen (secondary N) is 2. The molecule has 0 fully saturated rings. The minimum atomic E-state index is -3.77. The summed E-state index contributed by atoms with van der Waals surface area (Å²) in [5.41, 5.74) is 1.85. The Hall–Kier alpha value is -2.62. The fourth-order valence-electron chi connectivity index (χ4n) is 2.88. The summed E-state index contributed by atoms with van der Waals surface area (Å²) in [7, 11) is -3.77. The fourth-order valence-corrected chi connectivity index (χ4v) is 4.28. The maximum absolute atomic E-state index is 13.9. The molecule has 0 bridgehead atoms. The van der Waals surface area contributed by atoms with E-state index in [1.807, 2.05) is 12.1 Å². The number of fused-ring (bicyclic) bond motifs is 1. The van der Waals surface area contributed by atoms with E-state index < -0.39 is 21.7 Å². The standard InChI is InChI=1S/C20H14BrF2N3O2S/c21-14-2-6-19-13(7-14)8-20(26-19)29(27,28)25-11-16-4-1-12(10-24-16)17-5-3-15(22)9-18(17)23/h1-10,25-26H,11H2. The van der Waals surface area contributed by atoms with Crippen LogP contribution >= 0.6 is 15.9 Å². The first kappa shape index (κ1) is 19.7. The first-order valence-corrected chi connectivity index (χ1v) is 10.8. The zero-order valence-electron chi connectivity index (χ0n) is 14.8. The number of nitrogens with zero attached hydrogens (tertiary/aromatic N) is 1. The third-order valence-corrected chi connectivity index (χ3v) is 6.17. The second-order valence-electron chi connectivity index (χ2n) is 6.35. The Balaban J connectivity index is 1.50. The molecule has 0 aliphatic rings. The average molecular weight is 478 g/mol. The first-order valence-electron chi connectivity index (χ1n) is 8.50. The van der Waals surface area contributed by atoms with Crippen molar-refractivity contribution < 1.29 is 17.2 Å². The smallest absolute Gasteiger partial charge is 0.256 e. The van der Waals surface area contributed by atoms with Gasteiger partial charge in [-0.05, 0) is 42.5 Å². The highest BCUT2D eigenvalue weighted by Crippen LogP contribution is 2.24. The van der Waals surface area contributed by atoms with E-state index >= 15 is 0 Å². The molecule has 2 aromatic heterocycles. The predicted octanol–water partition coefficient (Wildman–Crippen LogP) is 4.75. The minimum absolute atomic E-state index is 0.0342. The molecule has 5 nitrogen and oxygen atoms in total. The van der Waals surface area contributed by atoms with Crippen molar-refractivity contribution in [2.24, 2.45) is 0 Å². The molecule has 2 N–H and O–H groups in total. The van der Waals surface area contributed by atoms with Crippen LogP contribution < -0.4 is 4.72 Å². The summed E-state index contributed by atoms with van der Waals surface area (Å²) in [5, 5.41) is 0.819. The molecule has 148 valence electrons. The molecule has 2 heterocycles. The van der Waals surface area contributed by atoms with Gasteiger partial charge in [0.15, 0.2) is 0 Å². The van der Waals surface area contributed by atoms with E-state index in [0.717, 1.165) is 15.9 Å².